The Kier molecular flexibility index (Phi) is 5.10. The lowest BCUT2D eigenvalue weighted by Crippen LogP contribution is -2.56. The molecule has 1 saturated carbocycles. The van der Waals surface area contributed by atoms with E-state index in [9.17, 15) is 19.5 Å². The number of aliphatic hydroxyl groups is 1. The van der Waals surface area contributed by atoms with Crippen LogP contribution >= 0.6 is 0 Å². The van der Waals surface area contributed by atoms with Gasteiger partial charge in [-0.05, 0) is 24.8 Å². The molecule has 0 aromatic heterocycles. The molecule has 0 bridgehead atoms. The molecular formula is C16H22N2O6. The first-order valence-corrected chi connectivity index (χ1v) is 7.68. The zero-order valence-corrected chi connectivity index (χ0v) is 13.8. The Bertz CT molecular complexity index is 626. The molecule has 3 unspecified atom stereocenters. The molecule has 1 amide bonds. The van der Waals surface area contributed by atoms with E-state index in [4.69, 9.17) is 15.2 Å². The molecule has 1 saturated heterocycles. The lowest BCUT2D eigenvalue weighted by Gasteiger charge is -2.35. The Morgan fingerprint density at radius 3 is 2.67 bits per heavy atom. The largest absolute Gasteiger partial charge is 0.506 e. The van der Waals surface area contributed by atoms with E-state index >= 15 is 0 Å². The summed E-state index contributed by atoms with van der Waals surface area (Å²) in [6.45, 7) is 5.08. The van der Waals surface area contributed by atoms with Crippen LogP contribution in [0.15, 0.2) is 23.5 Å². The number of nitrogens with two attached hydrogens (primary N) is 1. The van der Waals surface area contributed by atoms with Crippen molar-refractivity contribution in [2.45, 2.75) is 50.5 Å². The van der Waals surface area contributed by atoms with Crippen LogP contribution in [0.1, 0.15) is 32.6 Å². The number of hydrogen-bond acceptors (Lipinski definition) is 7. The lowest BCUT2D eigenvalue weighted by molar-refractivity contribution is -0.166. The van der Waals surface area contributed by atoms with Gasteiger partial charge in [0.05, 0.1) is 5.57 Å². The summed E-state index contributed by atoms with van der Waals surface area (Å²) in [4.78, 5) is 36.4. The smallest absolute Gasteiger partial charge is 0.325 e. The Balaban J connectivity index is 2.47. The highest BCUT2D eigenvalue weighted by atomic mass is 16.6. The number of ketones is 1. The van der Waals surface area contributed by atoms with Gasteiger partial charge in [0.2, 0.25) is 11.6 Å². The summed E-state index contributed by atoms with van der Waals surface area (Å²) in [6.07, 6.45) is 0.290. The van der Waals surface area contributed by atoms with Crippen molar-refractivity contribution >= 4 is 17.7 Å². The zero-order valence-electron chi connectivity index (χ0n) is 13.8. The predicted molar refractivity (Wildman–Crippen MR) is 83.7 cm³/mol. The Morgan fingerprint density at radius 2 is 2.04 bits per heavy atom. The number of hydrogen-bond donors (Lipinski definition) is 3. The van der Waals surface area contributed by atoms with Crippen LogP contribution in [-0.2, 0) is 23.9 Å². The van der Waals surface area contributed by atoms with Gasteiger partial charge in [0, 0.05) is 20.5 Å². The van der Waals surface area contributed by atoms with Crippen LogP contribution in [0.3, 0.4) is 0 Å². The summed E-state index contributed by atoms with van der Waals surface area (Å²) in [5.74, 6) is -2.27. The van der Waals surface area contributed by atoms with Crippen LogP contribution in [0.25, 0.3) is 0 Å². The van der Waals surface area contributed by atoms with Gasteiger partial charge in [-0.3, -0.25) is 14.4 Å². The molecule has 4 N–H and O–H groups in total. The second-order valence-electron chi connectivity index (χ2n) is 6.10. The van der Waals surface area contributed by atoms with Gasteiger partial charge in [-0.25, -0.2) is 0 Å². The van der Waals surface area contributed by atoms with E-state index in [1.807, 2.05) is 0 Å². The highest BCUT2D eigenvalue weighted by Crippen LogP contribution is 2.33. The third kappa shape index (κ3) is 3.34. The van der Waals surface area contributed by atoms with Gasteiger partial charge in [0.15, 0.2) is 11.5 Å². The normalized spacial score (nSPS) is 34.1. The fraction of sp³-hybridized carbons (Fsp3) is 0.562. The maximum Gasteiger partial charge on any atom is 0.325 e. The van der Waals surface area contributed by atoms with E-state index < -0.39 is 41.3 Å². The fourth-order valence-electron chi connectivity index (χ4n) is 2.79. The summed E-state index contributed by atoms with van der Waals surface area (Å²) < 4.78 is 10.3. The molecule has 0 spiro atoms. The van der Waals surface area contributed by atoms with Crippen LogP contribution in [0.4, 0.5) is 0 Å². The van der Waals surface area contributed by atoms with Crippen molar-refractivity contribution in [2.24, 2.45) is 5.73 Å². The molecule has 1 aliphatic carbocycles. The van der Waals surface area contributed by atoms with E-state index in [2.05, 4.69) is 11.9 Å². The number of esters is 1. The SMILES string of the molecule is C=C1CCC(OC)C(=O)C1=C(O)C1(C)NC(=O)CCC(N)C(=O)O1. The van der Waals surface area contributed by atoms with E-state index in [1.165, 1.54) is 14.0 Å². The second kappa shape index (κ2) is 6.74. The van der Waals surface area contributed by atoms with Crippen molar-refractivity contribution < 1.29 is 29.0 Å². The van der Waals surface area contributed by atoms with Crippen molar-refractivity contribution in [1.29, 1.82) is 0 Å². The molecule has 0 aromatic rings. The monoisotopic (exact) mass is 338 g/mol. The standard InChI is InChI=1S/C16H22N2O6/c1-8-4-6-10(23-3)13(20)12(8)14(21)16(2)18-11(19)7-5-9(17)15(22)24-16/h9-10,21H,1,4-7,17H2,2-3H3,(H,18,19). The number of rotatable bonds is 2. The van der Waals surface area contributed by atoms with Gasteiger partial charge in [-0.1, -0.05) is 6.58 Å². The van der Waals surface area contributed by atoms with Gasteiger partial charge in [-0.15, -0.1) is 0 Å². The van der Waals surface area contributed by atoms with Crippen LogP contribution in [-0.4, -0.2) is 47.7 Å². The van der Waals surface area contributed by atoms with Gasteiger partial charge < -0.3 is 25.6 Å². The minimum Gasteiger partial charge on any atom is -0.506 e. The lowest BCUT2D eigenvalue weighted by atomic mass is 9.84. The molecule has 3 atom stereocenters. The number of amides is 1. The Morgan fingerprint density at radius 1 is 1.38 bits per heavy atom. The number of carbonyl (C=O) groups is 3. The number of methoxy groups -OCH3 is 1. The van der Waals surface area contributed by atoms with Crippen molar-refractivity contribution in [3.8, 4) is 0 Å². The molecule has 1 aliphatic heterocycles. The molecule has 2 fully saturated rings. The highest BCUT2D eigenvalue weighted by molar-refractivity contribution is 6.04. The van der Waals surface area contributed by atoms with Gasteiger partial charge in [0.25, 0.3) is 0 Å². The average Bonchev–Trinajstić information content (AvgIpc) is 2.51. The first-order valence-electron chi connectivity index (χ1n) is 7.68. The van der Waals surface area contributed by atoms with Crippen molar-refractivity contribution in [1.82, 2.24) is 5.32 Å². The molecule has 132 valence electrons. The summed E-state index contributed by atoms with van der Waals surface area (Å²) in [6, 6.07) is -0.981. The summed E-state index contributed by atoms with van der Waals surface area (Å²) in [7, 11) is 1.39. The highest BCUT2D eigenvalue weighted by Gasteiger charge is 2.43. The third-order valence-electron chi connectivity index (χ3n) is 4.24. The summed E-state index contributed by atoms with van der Waals surface area (Å²) >= 11 is 0. The fourth-order valence-corrected chi connectivity index (χ4v) is 2.79. The van der Waals surface area contributed by atoms with Crippen LogP contribution in [0.2, 0.25) is 0 Å². The third-order valence-corrected chi connectivity index (χ3v) is 4.24. The molecule has 0 aromatic carbocycles. The molecule has 8 nitrogen and oxygen atoms in total. The van der Waals surface area contributed by atoms with Crippen molar-refractivity contribution in [3.63, 3.8) is 0 Å². The Hall–Kier alpha value is -2.19. The van der Waals surface area contributed by atoms with Crippen molar-refractivity contribution in [2.75, 3.05) is 7.11 Å². The first-order chi connectivity index (χ1) is 11.2. The van der Waals surface area contributed by atoms with Crippen LogP contribution < -0.4 is 11.1 Å². The molecule has 0 radical (unpaired) electrons. The minimum absolute atomic E-state index is 0.00403. The van der Waals surface area contributed by atoms with E-state index in [0.29, 0.717) is 18.4 Å². The topological polar surface area (TPSA) is 128 Å². The van der Waals surface area contributed by atoms with Crippen molar-refractivity contribution in [3.05, 3.63) is 23.5 Å². The second-order valence-corrected chi connectivity index (χ2v) is 6.10. The van der Waals surface area contributed by atoms with Gasteiger partial charge in [-0.2, -0.15) is 0 Å². The minimum atomic E-state index is -1.89. The number of carbonyl (C=O) groups excluding carboxylic acids is 3. The average molecular weight is 338 g/mol. The van der Waals surface area contributed by atoms with E-state index in [0.717, 1.165) is 0 Å². The molecule has 8 heteroatoms. The number of allylic oxidation sites excluding steroid dienone is 1. The number of ether oxygens (including phenoxy) is 2. The maximum absolute atomic E-state index is 12.5. The predicted octanol–water partition coefficient (Wildman–Crippen LogP) is 0.229. The molecule has 2 aliphatic rings. The number of aliphatic hydroxyl groups excluding tert-OH is 1. The van der Waals surface area contributed by atoms with Gasteiger partial charge >= 0.3 is 5.97 Å². The maximum atomic E-state index is 12.5. The number of Topliss-reactive ketones (excluding diaryl/α,β-unsaturated/α-hetero) is 1. The zero-order chi connectivity index (χ0) is 18.1. The van der Waals surface area contributed by atoms with E-state index in [1.54, 1.807) is 0 Å². The van der Waals surface area contributed by atoms with Gasteiger partial charge in [0.1, 0.15) is 12.1 Å². The number of cyclic esters (lactones) is 1. The quantitative estimate of drug-likeness (QED) is 0.373. The Labute approximate surface area is 139 Å². The summed E-state index contributed by atoms with van der Waals surface area (Å²) in [5, 5.41) is 13.1. The molecule has 2 rings (SSSR count). The molecular weight excluding hydrogens is 316 g/mol. The molecule has 24 heavy (non-hydrogen) atoms. The molecule has 1 heterocycles. The first kappa shape index (κ1) is 18.2. The van der Waals surface area contributed by atoms with E-state index in [-0.39, 0.29) is 18.4 Å². The van der Waals surface area contributed by atoms with Crippen LogP contribution in [0, 0.1) is 0 Å². The summed E-state index contributed by atoms with van der Waals surface area (Å²) in [5.41, 5.74) is 4.06. The van der Waals surface area contributed by atoms with Crippen LogP contribution in [0.5, 0.6) is 0 Å². The number of nitrogens with one attached hydrogen (secondary N) is 1.